The molecule has 0 spiro atoms. The Kier molecular flexibility index (Phi) is 4.65. The molecule has 5 nitrogen and oxygen atoms in total. The number of hydrogen-bond donors (Lipinski definition) is 2. The van der Waals surface area contributed by atoms with E-state index in [0.29, 0.717) is 17.9 Å². The zero-order valence-corrected chi connectivity index (χ0v) is 12.2. The number of carboxylic acids is 1. The number of hydrogen-bond acceptors (Lipinski definition) is 4. The summed E-state index contributed by atoms with van der Waals surface area (Å²) in [5.74, 6) is -1.09. The zero-order valence-electron chi connectivity index (χ0n) is 9.90. The number of halogens is 3. The van der Waals surface area contributed by atoms with E-state index in [-0.39, 0.29) is 21.0 Å². The maximum Gasteiger partial charge on any atom is 0.337 e. The first kappa shape index (κ1) is 14.8. The molecule has 20 heavy (non-hydrogen) atoms. The number of aromatic carboxylic acids is 1. The molecule has 0 fully saturated rings. The molecule has 0 aliphatic carbocycles. The SMILES string of the molecule is O=C(O)c1cc(NCc2cc(Cl)nc(Cl)n2)ccc1Cl. The molecule has 0 bridgehead atoms. The Morgan fingerprint density at radius 3 is 2.60 bits per heavy atom. The largest absolute Gasteiger partial charge is 0.478 e. The predicted octanol–water partition coefficient (Wildman–Crippen LogP) is 3.75. The van der Waals surface area contributed by atoms with E-state index in [2.05, 4.69) is 15.3 Å². The van der Waals surface area contributed by atoms with Crippen molar-refractivity contribution in [2.75, 3.05) is 5.32 Å². The molecule has 2 rings (SSSR count). The summed E-state index contributed by atoms with van der Waals surface area (Å²) in [4.78, 5) is 18.7. The van der Waals surface area contributed by atoms with E-state index in [4.69, 9.17) is 39.9 Å². The lowest BCUT2D eigenvalue weighted by atomic mass is 10.2. The summed E-state index contributed by atoms with van der Waals surface area (Å²) in [6.07, 6.45) is 0. The summed E-state index contributed by atoms with van der Waals surface area (Å²) in [6, 6.07) is 6.18. The molecule has 0 radical (unpaired) electrons. The number of rotatable bonds is 4. The summed E-state index contributed by atoms with van der Waals surface area (Å²) >= 11 is 17.2. The number of nitrogens with one attached hydrogen (secondary N) is 1. The molecule has 0 unspecified atom stereocenters. The second kappa shape index (κ2) is 6.26. The molecule has 2 N–H and O–H groups in total. The van der Waals surface area contributed by atoms with Gasteiger partial charge in [0.15, 0.2) is 0 Å². The number of aromatic nitrogens is 2. The second-order valence-corrected chi connectivity index (χ2v) is 4.94. The number of benzene rings is 1. The minimum absolute atomic E-state index is 0.0235. The third-order valence-corrected chi connectivity index (χ3v) is 3.08. The second-order valence-electron chi connectivity index (χ2n) is 3.80. The minimum Gasteiger partial charge on any atom is -0.478 e. The summed E-state index contributed by atoms with van der Waals surface area (Å²) in [5.41, 5.74) is 1.20. The van der Waals surface area contributed by atoms with Crippen LogP contribution in [0.2, 0.25) is 15.5 Å². The van der Waals surface area contributed by atoms with Crippen molar-refractivity contribution in [1.82, 2.24) is 9.97 Å². The Hall–Kier alpha value is -1.56. The number of carbonyl (C=O) groups is 1. The molecule has 0 aliphatic rings. The Bertz CT molecular complexity index is 644. The number of nitrogens with zero attached hydrogens (tertiary/aromatic N) is 2. The van der Waals surface area contributed by atoms with Gasteiger partial charge < -0.3 is 10.4 Å². The van der Waals surface area contributed by atoms with Crippen LogP contribution in [0.1, 0.15) is 16.1 Å². The first-order valence-corrected chi connectivity index (χ1v) is 6.55. The zero-order chi connectivity index (χ0) is 14.7. The van der Waals surface area contributed by atoms with Crippen LogP contribution in [-0.2, 0) is 6.54 Å². The Morgan fingerprint density at radius 2 is 1.95 bits per heavy atom. The third-order valence-electron chi connectivity index (χ3n) is 2.39. The van der Waals surface area contributed by atoms with E-state index in [1.807, 2.05) is 0 Å². The Morgan fingerprint density at radius 1 is 1.20 bits per heavy atom. The van der Waals surface area contributed by atoms with E-state index < -0.39 is 5.97 Å². The average Bonchev–Trinajstić information content (AvgIpc) is 2.36. The minimum atomic E-state index is -1.09. The quantitative estimate of drug-likeness (QED) is 0.659. The van der Waals surface area contributed by atoms with Crippen molar-refractivity contribution in [3.8, 4) is 0 Å². The molecule has 1 heterocycles. The number of anilines is 1. The highest BCUT2D eigenvalue weighted by molar-refractivity contribution is 6.33. The molecule has 2 aromatic rings. The van der Waals surface area contributed by atoms with Crippen LogP contribution in [0.4, 0.5) is 5.69 Å². The highest BCUT2D eigenvalue weighted by atomic mass is 35.5. The topological polar surface area (TPSA) is 75.1 Å². The maximum atomic E-state index is 11.0. The van der Waals surface area contributed by atoms with Crippen molar-refractivity contribution in [2.24, 2.45) is 0 Å². The van der Waals surface area contributed by atoms with Gasteiger partial charge in [-0.25, -0.2) is 14.8 Å². The lowest BCUT2D eigenvalue weighted by molar-refractivity contribution is 0.0697. The lowest BCUT2D eigenvalue weighted by Crippen LogP contribution is -2.04. The van der Waals surface area contributed by atoms with Crippen molar-refractivity contribution < 1.29 is 9.90 Å². The van der Waals surface area contributed by atoms with Gasteiger partial charge in [-0.2, -0.15) is 0 Å². The highest BCUT2D eigenvalue weighted by Gasteiger charge is 2.09. The van der Waals surface area contributed by atoms with Gasteiger partial charge in [0.25, 0.3) is 0 Å². The molecule has 0 saturated carbocycles. The van der Waals surface area contributed by atoms with E-state index >= 15 is 0 Å². The van der Waals surface area contributed by atoms with Gasteiger partial charge in [0.2, 0.25) is 5.28 Å². The fraction of sp³-hybridized carbons (Fsp3) is 0.0833. The van der Waals surface area contributed by atoms with E-state index in [1.54, 1.807) is 12.1 Å². The average molecular weight is 333 g/mol. The van der Waals surface area contributed by atoms with Crippen LogP contribution in [0.15, 0.2) is 24.3 Å². The van der Waals surface area contributed by atoms with Gasteiger partial charge in [0.05, 0.1) is 22.8 Å². The Balaban J connectivity index is 2.14. The van der Waals surface area contributed by atoms with E-state index in [0.717, 1.165) is 0 Å². The molecular formula is C12H8Cl3N3O2. The van der Waals surface area contributed by atoms with Crippen LogP contribution in [-0.4, -0.2) is 21.0 Å². The van der Waals surface area contributed by atoms with Crippen molar-refractivity contribution in [2.45, 2.75) is 6.54 Å². The summed E-state index contributed by atoms with van der Waals surface area (Å²) in [6.45, 7) is 0.322. The molecule has 0 atom stereocenters. The fourth-order valence-electron chi connectivity index (χ4n) is 1.52. The van der Waals surface area contributed by atoms with Crippen molar-refractivity contribution >= 4 is 46.5 Å². The molecular weight excluding hydrogens is 325 g/mol. The summed E-state index contributed by atoms with van der Waals surface area (Å²) in [7, 11) is 0. The highest BCUT2D eigenvalue weighted by Crippen LogP contribution is 2.21. The van der Waals surface area contributed by atoms with Gasteiger partial charge in [-0.1, -0.05) is 23.2 Å². The maximum absolute atomic E-state index is 11.0. The first-order valence-electron chi connectivity index (χ1n) is 5.41. The summed E-state index contributed by atoms with van der Waals surface area (Å²) < 4.78 is 0. The van der Waals surface area contributed by atoms with E-state index in [9.17, 15) is 4.79 Å². The molecule has 0 aliphatic heterocycles. The van der Waals surface area contributed by atoms with Crippen molar-refractivity contribution in [3.63, 3.8) is 0 Å². The smallest absolute Gasteiger partial charge is 0.337 e. The van der Waals surface area contributed by atoms with Gasteiger partial charge in [0, 0.05) is 5.69 Å². The molecule has 8 heteroatoms. The van der Waals surface area contributed by atoms with E-state index in [1.165, 1.54) is 12.1 Å². The first-order chi connectivity index (χ1) is 9.45. The van der Waals surface area contributed by atoms with Crippen LogP contribution in [0, 0.1) is 0 Å². The van der Waals surface area contributed by atoms with Gasteiger partial charge in [-0.15, -0.1) is 0 Å². The molecule has 0 saturated heterocycles. The predicted molar refractivity (Wildman–Crippen MR) is 77.8 cm³/mol. The van der Waals surface area contributed by atoms with Gasteiger partial charge in [0.1, 0.15) is 5.15 Å². The Labute approximate surface area is 129 Å². The van der Waals surface area contributed by atoms with Crippen LogP contribution in [0.5, 0.6) is 0 Å². The van der Waals surface area contributed by atoms with Crippen LogP contribution >= 0.6 is 34.8 Å². The third kappa shape index (κ3) is 3.72. The van der Waals surface area contributed by atoms with Crippen LogP contribution in [0.25, 0.3) is 0 Å². The van der Waals surface area contributed by atoms with Gasteiger partial charge >= 0.3 is 5.97 Å². The van der Waals surface area contributed by atoms with Crippen LogP contribution < -0.4 is 5.32 Å². The molecule has 1 aromatic carbocycles. The fourth-order valence-corrected chi connectivity index (χ4v) is 2.16. The van der Waals surface area contributed by atoms with Crippen LogP contribution in [0.3, 0.4) is 0 Å². The van der Waals surface area contributed by atoms with Gasteiger partial charge in [-0.3, -0.25) is 0 Å². The summed E-state index contributed by atoms with van der Waals surface area (Å²) in [5, 5.41) is 12.5. The standard InChI is InChI=1S/C12H8Cl3N3O2/c13-9-2-1-6(3-8(9)11(19)20)16-5-7-4-10(14)18-12(15)17-7/h1-4,16H,5H2,(H,19,20). The van der Waals surface area contributed by atoms with Gasteiger partial charge in [-0.05, 0) is 35.9 Å². The molecule has 1 aromatic heterocycles. The molecule has 104 valence electrons. The van der Waals surface area contributed by atoms with Crippen molar-refractivity contribution in [1.29, 1.82) is 0 Å². The van der Waals surface area contributed by atoms with Crippen molar-refractivity contribution in [3.05, 3.63) is 51.0 Å². The normalized spacial score (nSPS) is 10.3. The number of carboxylic acid groups (broad SMARTS) is 1. The molecule has 0 amide bonds. The lowest BCUT2D eigenvalue weighted by Gasteiger charge is -2.08. The monoisotopic (exact) mass is 331 g/mol.